The van der Waals surface area contributed by atoms with Gasteiger partial charge in [0.25, 0.3) is 0 Å². The van der Waals surface area contributed by atoms with Crippen LogP contribution in [0.3, 0.4) is 0 Å². The Bertz CT molecular complexity index is 589. The van der Waals surface area contributed by atoms with E-state index >= 15 is 0 Å². The van der Waals surface area contributed by atoms with Crippen molar-refractivity contribution in [3.63, 3.8) is 0 Å². The van der Waals surface area contributed by atoms with Gasteiger partial charge in [-0.1, -0.05) is 12.1 Å². The third-order valence-corrected chi connectivity index (χ3v) is 2.56. The molecule has 0 atom stereocenters. The molecule has 0 aromatic heterocycles. The van der Waals surface area contributed by atoms with Gasteiger partial charge in [0.05, 0.1) is 12.2 Å². The molecule has 0 fully saturated rings. The standard InChI is InChI=1S/C15H12F2O2/c1-2-19-14-6-4-3-5-13(14)15(18)10-7-11(16)9-12(17)8-10/h3-9H,2H2,1H3. The zero-order valence-electron chi connectivity index (χ0n) is 10.3. The molecular formula is C15H12F2O2. The Morgan fingerprint density at radius 1 is 1.11 bits per heavy atom. The van der Waals surface area contributed by atoms with Gasteiger partial charge in [-0.05, 0) is 31.2 Å². The molecule has 19 heavy (non-hydrogen) atoms. The monoisotopic (exact) mass is 262 g/mol. The molecule has 0 amide bonds. The van der Waals surface area contributed by atoms with Gasteiger partial charge in [0.2, 0.25) is 0 Å². The number of ketones is 1. The molecule has 0 unspecified atom stereocenters. The van der Waals surface area contributed by atoms with Crippen LogP contribution in [0.2, 0.25) is 0 Å². The number of rotatable bonds is 4. The van der Waals surface area contributed by atoms with Crippen LogP contribution in [0.4, 0.5) is 8.78 Å². The number of para-hydroxylation sites is 1. The maximum absolute atomic E-state index is 13.1. The predicted molar refractivity (Wildman–Crippen MR) is 67.4 cm³/mol. The third kappa shape index (κ3) is 2.96. The Hall–Kier alpha value is -2.23. The minimum Gasteiger partial charge on any atom is -0.493 e. The van der Waals surface area contributed by atoms with E-state index < -0.39 is 17.4 Å². The number of halogens is 2. The van der Waals surface area contributed by atoms with Crippen LogP contribution in [0.1, 0.15) is 22.8 Å². The van der Waals surface area contributed by atoms with Gasteiger partial charge in [0.1, 0.15) is 17.4 Å². The van der Waals surface area contributed by atoms with Crippen LogP contribution in [-0.4, -0.2) is 12.4 Å². The van der Waals surface area contributed by atoms with Crippen molar-refractivity contribution in [1.82, 2.24) is 0 Å². The lowest BCUT2D eigenvalue weighted by Gasteiger charge is -2.09. The lowest BCUT2D eigenvalue weighted by Crippen LogP contribution is -2.06. The molecule has 0 aliphatic heterocycles. The maximum Gasteiger partial charge on any atom is 0.196 e. The van der Waals surface area contributed by atoms with Gasteiger partial charge in [0, 0.05) is 11.6 Å². The molecule has 0 radical (unpaired) electrons. The molecular weight excluding hydrogens is 250 g/mol. The first kappa shape index (κ1) is 13.2. The fourth-order valence-electron chi connectivity index (χ4n) is 1.78. The number of ether oxygens (including phenoxy) is 1. The topological polar surface area (TPSA) is 26.3 Å². The highest BCUT2D eigenvalue weighted by atomic mass is 19.1. The number of benzene rings is 2. The molecule has 2 nitrogen and oxygen atoms in total. The minimum atomic E-state index is -0.780. The molecule has 0 aliphatic rings. The van der Waals surface area contributed by atoms with Crippen LogP contribution in [-0.2, 0) is 0 Å². The van der Waals surface area contributed by atoms with Crippen molar-refractivity contribution >= 4 is 5.78 Å². The van der Waals surface area contributed by atoms with Crippen LogP contribution >= 0.6 is 0 Å². The highest BCUT2D eigenvalue weighted by Gasteiger charge is 2.15. The van der Waals surface area contributed by atoms with E-state index in [9.17, 15) is 13.6 Å². The molecule has 0 saturated heterocycles. The highest BCUT2D eigenvalue weighted by molar-refractivity contribution is 6.10. The number of carbonyl (C=O) groups is 1. The van der Waals surface area contributed by atoms with E-state index in [0.717, 1.165) is 18.2 Å². The molecule has 0 heterocycles. The second-order valence-electron chi connectivity index (χ2n) is 3.92. The van der Waals surface area contributed by atoms with Gasteiger partial charge in [-0.2, -0.15) is 0 Å². The summed E-state index contributed by atoms with van der Waals surface area (Å²) in [6.07, 6.45) is 0. The van der Waals surface area contributed by atoms with Crippen LogP contribution < -0.4 is 4.74 Å². The predicted octanol–water partition coefficient (Wildman–Crippen LogP) is 3.59. The first-order valence-electron chi connectivity index (χ1n) is 5.84. The summed E-state index contributed by atoms with van der Waals surface area (Å²) in [5, 5.41) is 0. The molecule has 0 spiro atoms. The lowest BCUT2D eigenvalue weighted by atomic mass is 10.0. The minimum absolute atomic E-state index is 0.0374. The van der Waals surface area contributed by atoms with E-state index in [1.54, 1.807) is 31.2 Å². The molecule has 2 rings (SSSR count). The summed E-state index contributed by atoms with van der Waals surface area (Å²) >= 11 is 0. The SMILES string of the molecule is CCOc1ccccc1C(=O)c1cc(F)cc(F)c1. The summed E-state index contributed by atoms with van der Waals surface area (Å²) < 4.78 is 31.6. The zero-order chi connectivity index (χ0) is 13.8. The average molecular weight is 262 g/mol. The van der Waals surface area contributed by atoms with Gasteiger partial charge in [-0.25, -0.2) is 8.78 Å². The molecule has 0 N–H and O–H groups in total. The van der Waals surface area contributed by atoms with Gasteiger partial charge in [-0.3, -0.25) is 4.79 Å². The van der Waals surface area contributed by atoms with E-state index in [4.69, 9.17) is 4.74 Å². The van der Waals surface area contributed by atoms with Gasteiger partial charge in [0.15, 0.2) is 5.78 Å². The number of hydrogen-bond donors (Lipinski definition) is 0. The van der Waals surface area contributed by atoms with E-state index in [2.05, 4.69) is 0 Å². The Labute approximate surface area is 109 Å². The van der Waals surface area contributed by atoms with Crippen molar-refractivity contribution in [3.8, 4) is 5.75 Å². The lowest BCUT2D eigenvalue weighted by molar-refractivity contribution is 0.103. The molecule has 98 valence electrons. The normalized spacial score (nSPS) is 10.3. The molecule has 2 aromatic rings. The first-order valence-corrected chi connectivity index (χ1v) is 5.84. The van der Waals surface area contributed by atoms with Crippen LogP contribution in [0, 0.1) is 11.6 Å². The summed E-state index contributed by atoms with van der Waals surface area (Å²) in [5.41, 5.74) is 0.249. The second kappa shape index (κ2) is 5.61. The summed E-state index contributed by atoms with van der Waals surface area (Å²) in [5.74, 6) is -1.63. The quantitative estimate of drug-likeness (QED) is 0.787. The number of hydrogen-bond acceptors (Lipinski definition) is 2. The van der Waals surface area contributed by atoms with Crippen molar-refractivity contribution in [3.05, 3.63) is 65.2 Å². The Kier molecular flexibility index (Phi) is 3.90. The van der Waals surface area contributed by atoms with Crippen LogP contribution in [0.25, 0.3) is 0 Å². The second-order valence-corrected chi connectivity index (χ2v) is 3.92. The summed E-state index contributed by atoms with van der Waals surface area (Å²) in [6, 6.07) is 9.36. The third-order valence-electron chi connectivity index (χ3n) is 2.56. The maximum atomic E-state index is 13.1. The van der Waals surface area contributed by atoms with Crippen molar-refractivity contribution in [2.75, 3.05) is 6.61 Å². The van der Waals surface area contributed by atoms with E-state index in [1.165, 1.54) is 0 Å². The highest BCUT2D eigenvalue weighted by Crippen LogP contribution is 2.22. The van der Waals surface area contributed by atoms with Gasteiger partial charge < -0.3 is 4.74 Å². The van der Waals surface area contributed by atoms with Gasteiger partial charge in [-0.15, -0.1) is 0 Å². The van der Waals surface area contributed by atoms with E-state index in [-0.39, 0.29) is 11.1 Å². The Morgan fingerprint density at radius 3 is 2.37 bits per heavy atom. The average Bonchev–Trinajstić information content (AvgIpc) is 2.38. The summed E-state index contributed by atoms with van der Waals surface area (Å²) in [7, 11) is 0. The van der Waals surface area contributed by atoms with Crippen molar-refractivity contribution in [1.29, 1.82) is 0 Å². The summed E-state index contributed by atoms with van der Waals surface area (Å²) in [6.45, 7) is 2.20. The molecule has 2 aromatic carbocycles. The molecule has 4 heteroatoms. The van der Waals surface area contributed by atoms with Crippen molar-refractivity contribution in [2.24, 2.45) is 0 Å². The van der Waals surface area contributed by atoms with E-state index in [1.807, 2.05) is 0 Å². The smallest absolute Gasteiger partial charge is 0.196 e. The molecule has 0 saturated carbocycles. The molecule has 0 aliphatic carbocycles. The summed E-state index contributed by atoms with van der Waals surface area (Å²) in [4.78, 5) is 12.2. The van der Waals surface area contributed by atoms with Crippen molar-refractivity contribution in [2.45, 2.75) is 6.92 Å². The first-order chi connectivity index (χ1) is 9.11. The number of carbonyl (C=O) groups excluding carboxylic acids is 1. The zero-order valence-corrected chi connectivity index (χ0v) is 10.3. The Balaban J connectivity index is 2.44. The van der Waals surface area contributed by atoms with E-state index in [0.29, 0.717) is 12.4 Å². The molecule has 0 bridgehead atoms. The van der Waals surface area contributed by atoms with Gasteiger partial charge >= 0.3 is 0 Å². The van der Waals surface area contributed by atoms with Crippen LogP contribution in [0.15, 0.2) is 42.5 Å². The Morgan fingerprint density at radius 2 is 1.74 bits per heavy atom. The largest absolute Gasteiger partial charge is 0.493 e. The van der Waals surface area contributed by atoms with Crippen LogP contribution in [0.5, 0.6) is 5.75 Å². The van der Waals surface area contributed by atoms with Crippen molar-refractivity contribution < 1.29 is 18.3 Å². The fourth-order valence-corrected chi connectivity index (χ4v) is 1.78. The fraction of sp³-hybridized carbons (Fsp3) is 0.133.